The van der Waals surface area contributed by atoms with Crippen molar-refractivity contribution < 1.29 is 5.11 Å². The molecule has 4 rings (SSSR count). The maximum Gasteiger partial charge on any atom is 0.163 e. The Morgan fingerprint density at radius 3 is 2.83 bits per heavy atom. The number of hydrogen-bond acceptors (Lipinski definition) is 6. The summed E-state index contributed by atoms with van der Waals surface area (Å²) in [5.41, 5.74) is 2.23. The highest BCUT2D eigenvalue weighted by atomic mass is 16.3. The van der Waals surface area contributed by atoms with Crippen LogP contribution in [-0.4, -0.2) is 52.8 Å². The molecule has 2 aliphatic heterocycles. The standard InChI is InChI=1S/C17H21N5O/c1-21-7-3-12-10-13(11-19-17(12)21)16-18-6-2-15(20-16)22-8-4-14(23)5-9-22/h2,6,10-11,14,23H,3-5,7-9H2,1H3. The van der Waals surface area contributed by atoms with Gasteiger partial charge in [-0.3, -0.25) is 0 Å². The van der Waals surface area contributed by atoms with Crippen LogP contribution < -0.4 is 9.80 Å². The SMILES string of the molecule is CN1CCc2cc(-c3nccc(N4CCC(O)CC4)n3)cnc21. The van der Waals surface area contributed by atoms with E-state index in [2.05, 4.69) is 32.9 Å². The summed E-state index contributed by atoms with van der Waals surface area (Å²) in [6.07, 6.45) is 6.11. The number of aromatic nitrogens is 3. The molecule has 4 heterocycles. The van der Waals surface area contributed by atoms with Crippen LogP contribution in [0.2, 0.25) is 0 Å². The molecule has 6 heteroatoms. The van der Waals surface area contributed by atoms with Gasteiger partial charge in [0.25, 0.3) is 0 Å². The van der Waals surface area contributed by atoms with E-state index in [-0.39, 0.29) is 6.10 Å². The molecular weight excluding hydrogens is 290 g/mol. The summed E-state index contributed by atoms with van der Waals surface area (Å²) in [4.78, 5) is 18.1. The summed E-state index contributed by atoms with van der Waals surface area (Å²) in [6, 6.07) is 4.10. The van der Waals surface area contributed by atoms with E-state index in [9.17, 15) is 5.11 Å². The van der Waals surface area contributed by atoms with Crippen molar-refractivity contribution in [3.8, 4) is 11.4 Å². The summed E-state index contributed by atoms with van der Waals surface area (Å²) in [5.74, 6) is 2.72. The molecule has 0 atom stereocenters. The minimum absolute atomic E-state index is 0.176. The first kappa shape index (κ1) is 14.4. The minimum atomic E-state index is -0.176. The van der Waals surface area contributed by atoms with Crippen LogP contribution in [0.25, 0.3) is 11.4 Å². The molecule has 23 heavy (non-hydrogen) atoms. The largest absolute Gasteiger partial charge is 0.393 e. The Hall–Kier alpha value is -2.21. The maximum absolute atomic E-state index is 9.65. The molecule has 0 unspecified atom stereocenters. The van der Waals surface area contributed by atoms with Crippen molar-refractivity contribution in [2.45, 2.75) is 25.4 Å². The van der Waals surface area contributed by atoms with Gasteiger partial charge >= 0.3 is 0 Å². The summed E-state index contributed by atoms with van der Waals surface area (Å²) < 4.78 is 0. The highest BCUT2D eigenvalue weighted by Crippen LogP contribution is 2.28. The molecule has 1 N–H and O–H groups in total. The van der Waals surface area contributed by atoms with Gasteiger partial charge in [-0.05, 0) is 37.0 Å². The lowest BCUT2D eigenvalue weighted by Gasteiger charge is -2.30. The second-order valence-corrected chi connectivity index (χ2v) is 6.33. The number of aliphatic hydroxyl groups excluding tert-OH is 1. The summed E-state index contributed by atoms with van der Waals surface area (Å²) >= 11 is 0. The fraction of sp³-hybridized carbons (Fsp3) is 0.471. The zero-order valence-electron chi connectivity index (χ0n) is 13.3. The van der Waals surface area contributed by atoms with Crippen molar-refractivity contribution in [1.29, 1.82) is 0 Å². The molecule has 1 saturated heterocycles. The third-order valence-electron chi connectivity index (χ3n) is 4.71. The summed E-state index contributed by atoms with van der Waals surface area (Å²) in [7, 11) is 2.07. The van der Waals surface area contributed by atoms with Crippen molar-refractivity contribution >= 4 is 11.6 Å². The van der Waals surface area contributed by atoms with Gasteiger partial charge in [0.15, 0.2) is 5.82 Å². The second kappa shape index (κ2) is 5.77. The quantitative estimate of drug-likeness (QED) is 0.906. The van der Waals surface area contributed by atoms with Crippen LogP contribution in [0.15, 0.2) is 24.5 Å². The van der Waals surface area contributed by atoms with Gasteiger partial charge in [0, 0.05) is 44.6 Å². The molecule has 0 saturated carbocycles. The lowest BCUT2D eigenvalue weighted by molar-refractivity contribution is 0.145. The van der Waals surface area contributed by atoms with Gasteiger partial charge in [-0.25, -0.2) is 15.0 Å². The fourth-order valence-electron chi connectivity index (χ4n) is 3.31. The zero-order valence-corrected chi connectivity index (χ0v) is 13.3. The summed E-state index contributed by atoms with van der Waals surface area (Å²) in [5, 5.41) is 9.65. The molecule has 0 spiro atoms. The molecule has 0 aromatic carbocycles. The third-order valence-corrected chi connectivity index (χ3v) is 4.71. The third kappa shape index (κ3) is 2.74. The van der Waals surface area contributed by atoms with E-state index in [4.69, 9.17) is 4.98 Å². The molecule has 1 fully saturated rings. The number of anilines is 2. The van der Waals surface area contributed by atoms with E-state index in [1.165, 1.54) is 5.56 Å². The first-order chi connectivity index (χ1) is 11.2. The molecule has 2 aromatic rings. The topological polar surface area (TPSA) is 65.4 Å². The lowest BCUT2D eigenvalue weighted by atomic mass is 10.1. The van der Waals surface area contributed by atoms with Crippen LogP contribution in [0.4, 0.5) is 11.6 Å². The smallest absolute Gasteiger partial charge is 0.163 e. The highest BCUT2D eigenvalue weighted by molar-refractivity contribution is 5.63. The van der Waals surface area contributed by atoms with Crippen molar-refractivity contribution in [2.75, 3.05) is 36.5 Å². The van der Waals surface area contributed by atoms with Gasteiger partial charge in [0.1, 0.15) is 11.6 Å². The number of piperidine rings is 1. The van der Waals surface area contributed by atoms with Crippen LogP contribution in [0, 0.1) is 0 Å². The van der Waals surface area contributed by atoms with E-state index in [0.717, 1.165) is 61.9 Å². The Labute approximate surface area is 135 Å². The second-order valence-electron chi connectivity index (χ2n) is 6.33. The molecule has 0 bridgehead atoms. The number of nitrogens with zero attached hydrogens (tertiary/aromatic N) is 5. The normalized spacial score (nSPS) is 18.3. The van der Waals surface area contributed by atoms with Crippen LogP contribution >= 0.6 is 0 Å². The van der Waals surface area contributed by atoms with Crippen molar-refractivity contribution in [3.63, 3.8) is 0 Å². The van der Waals surface area contributed by atoms with Crippen molar-refractivity contribution in [1.82, 2.24) is 15.0 Å². The van der Waals surface area contributed by atoms with Gasteiger partial charge in [-0.15, -0.1) is 0 Å². The Kier molecular flexibility index (Phi) is 3.61. The van der Waals surface area contributed by atoms with E-state index < -0.39 is 0 Å². The molecule has 0 amide bonds. The maximum atomic E-state index is 9.65. The first-order valence-corrected chi connectivity index (χ1v) is 8.17. The van der Waals surface area contributed by atoms with E-state index in [1.807, 2.05) is 18.5 Å². The molecule has 0 radical (unpaired) electrons. The van der Waals surface area contributed by atoms with Gasteiger partial charge < -0.3 is 14.9 Å². The fourth-order valence-corrected chi connectivity index (χ4v) is 3.31. The van der Waals surface area contributed by atoms with Crippen LogP contribution in [0.5, 0.6) is 0 Å². The Morgan fingerprint density at radius 2 is 2.00 bits per heavy atom. The van der Waals surface area contributed by atoms with Crippen molar-refractivity contribution in [2.24, 2.45) is 0 Å². The molecule has 2 aromatic heterocycles. The Bertz CT molecular complexity index is 712. The van der Waals surface area contributed by atoms with Crippen LogP contribution in [0.1, 0.15) is 18.4 Å². The number of likely N-dealkylation sites (N-methyl/N-ethyl adjacent to an activating group) is 1. The molecule has 6 nitrogen and oxygen atoms in total. The zero-order chi connectivity index (χ0) is 15.8. The average molecular weight is 311 g/mol. The molecular formula is C17H21N5O. The molecule has 120 valence electrons. The van der Waals surface area contributed by atoms with Gasteiger partial charge in [0.05, 0.1) is 6.10 Å². The monoisotopic (exact) mass is 311 g/mol. The number of aliphatic hydroxyl groups is 1. The first-order valence-electron chi connectivity index (χ1n) is 8.17. The Balaban J connectivity index is 1.61. The number of pyridine rings is 1. The average Bonchev–Trinajstić information content (AvgIpc) is 2.96. The van der Waals surface area contributed by atoms with E-state index in [1.54, 1.807) is 0 Å². The van der Waals surface area contributed by atoms with Crippen LogP contribution in [-0.2, 0) is 6.42 Å². The highest BCUT2D eigenvalue weighted by Gasteiger charge is 2.20. The van der Waals surface area contributed by atoms with Gasteiger partial charge in [-0.2, -0.15) is 0 Å². The van der Waals surface area contributed by atoms with Crippen LogP contribution in [0.3, 0.4) is 0 Å². The number of hydrogen-bond donors (Lipinski definition) is 1. The Morgan fingerprint density at radius 1 is 1.17 bits per heavy atom. The number of fused-ring (bicyclic) bond motifs is 1. The lowest BCUT2D eigenvalue weighted by Crippen LogP contribution is -2.36. The predicted octanol–water partition coefficient (Wildman–Crippen LogP) is 1.49. The minimum Gasteiger partial charge on any atom is -0.393 e. The van der Waals surface area contributed by atoms with E-state index >= 15 is 0 Å². The van der Waals surface area contributed by atoms with Crippen molar-refractivity contribution in [3.05, 3.63) is 30.1 Å². The van der Waals surface area contributed by atoms with Gasteiger partial charge in [-0.1, -0.05) is 0 Å². The predicted molar refractivity (Wildman–Crippen MR) is 89.7 cm³/mol. The molecule has 2 aliphatic rings. The summed E-state index contributed by atoms with van der Waals surface area (Å²) in [6.45, 7) is 2.69. The molecule has 0 aliphatic carbocycles. The number of rotatable bonds is 2. The van der Waals surface area contributed by atoms with Gasteiger partial charge in [0.2, 0.25) is 0 Å². The van der Waals surface area contributed by atoms with E-state index in [0.29, 0.717) is 0 Å².